The monoisotopic (exact) mass is 451 g/mol. The summed E-state index contributed by atoms with van der Waals surface area (Å²) in [6, 6.07) is 2.89. The molecular formula is C16H11F6N5S2. The Kier molecular flexibility index (Phi) is 5.81. The SMILES string of the molecule is CSc1nc(C)cc(Sc2n[nH]c(-c3cc(C(F)(F)F)cc(C(F)(F)F)c3)n2)n1. The molecule has 0 unspecified atom stereocenters. The summed E-state index contributed by atoms with van der Waals surface area (Å²) in [6.45, 7) is 1.76. The number of hydrogen-bond donors (Lipinski definition) is 1. The molecule has 13 heteroatoms. The van der Waals surface area contributed by atoms with E-state index in [2.05, 4.69) is 25.1 Å². The highest BCUT2D eigenvalue weighted by atomic mass is 32.2. The molecule has 1 aromatic carbocycles. The van der Waals surface area contributed by atoms with Gasteiger partial charge < -0.3 is 0 Å². The largest absolute Gasteiger partial charge is 0.416 e. The molecule has 3 rings (SSSR count). The maximum Gasteiger partial charge on any atom is 0.416 e. The van der Waals surface area contributed by atoms with Crippen LogP contribution in [0.1, 0.15) is 16.8 Å². The zero-order chi connectivity index (χ0) is 21.4. The van der Waals surface area contributed by atoms with E-state index in [4.69, 9.17) is 0 Å². The molecule has 2 aromatic heterocycles. The van der Waals surface area contributed by atoms with Crippen LogP contribution >= 0.6 is 23.5 Å². The van der Waals surface area contributed by atoms with Gasteiger partial charge in [0.2, 0.25) is 5.16 Å². The number of aromatic nitrogens is 5. The second-order valence-corrected chi connectivity index (χ2v) is 7.46. The molecule has 0 spiro atoms. The van der Waals surface area contributed by atoms with E-state index in [0.29, 0.717) is 28.0 Å². The molecule has 1 N–H and O–H groups in total. The van der Waals surface area contributed by atoms with E-state index in [1.807, 2.05) is 0 Å². The minimum atomic E-state index is -4.94. The number of alkyl halides is 6. The van der Waals surface area contributed by atoms with E-state index in [1.165, 1.54) is 11.8 Å². The third kappa shape index (κ3) is 5.21. The standard InChI is InChI=1S/C16H11F6N5S2/c1-7-3-11(24-13(23-7)28-2)29-14-25-12(26-27-14)8-4-9(15(17,18)19)6-10(5-8)16(20,21)22/h3-6H,1-2H3,(H,25,26,27). The minimum Gasteiger partial charge on any atom is -0.258 e. The van der Waals surface area contributed by atoms with Gasteiger partial charge in [0.25, 0.3) is 0 Å². The normalized spacial score (nSPS) is 12.4. The first-order valence-corrected chi connectivity index (χ1v) is 9.79. The number of H-pyrrole nitrogens is 1. The van der Waals surface area contributed by atoms with Gasteiger partial charge in [0.05, 0.1) is 11.1 Å². The maximum absolute atomic E-state index is 13.0. The molecule has 3 aromatic rings. The maximum atomic E-state index is 13.0. The lowest BCUT2D eigenvalue weighted by molar-refractivity contribution is -0.143. The highest BCUT2D eigenvalue weighted by Gasteiger charge is 2.37. The lowest BCUT2D eigenvalue weighted by atomic mass is 10.0. The number of halogens is 6. The Morgan fingerprint density at radius 1 is 0.828 bits per heavy atom. The van der Waals surface area contributed by atoms with Gasteiger partial charge in [0.15, 0.2) is 11.0 Å². The topological polar surface area (TPSA) is 67.3 Å². The fraction of sp³-hybridized carbons (Fsp3) is 0.250. The van der Waals surface area contributed by atoms with Crippen molar-refractivity contribution in [1.82, 2.24) is 25.1 Å². The van der Waals surface area contributed by atoms with Gasteiger partial charge in [0, 0.05) is 11.3 Å². The zero-order valence-electron chi connectivity index (χ0n) is 14.7. The fourth-order valence-corrected chi connectivity index (χ4v) is 3.52. The van der Waals surface area contributed by atoms with Gasteiger partial charge in [-0.25, -0.2) is 15.0 Å². The summed E-state index contributed by atoms with van der Waals surface area (Å²) in [6.07, 6.45) is -8.10. The van der Waals surface area contributed by atoms with Crippen molar-refractivity contribution in [3.05, 3.63) is 41.1 Å². The molecule has 0 fully saturated rings. The number of thioether (sulfide) groups is 1. The van der Waals surface area contributed by atoms with Crippen molar-refractivity contribution >= 4 is 23.5 Å². The lowest BCUT2D eigenvalue weighted by Gasteiger charge is -2.13. The van der Waals surface area contributed by atoms with Crippen molar-refractivity contribution in [3.63, 3.8) is 0 Å². The molecule has 2 heterocycles. The van der Waals surface area contributed by atoms with Crippen molar-refractivity contribution in [3.8, 4) is 11.4 Å². The quantitative estimate of drug-likeness (QED) is 0.245. The number of benzene rings is 1. The number of hydrogen-bond acceptors (Lipinski definition) is 6. The summed E-state index contributed by atoms with van der Waals surface area (Å²) in [4.78, 5) is 12.4. The highest BCUT2D eigenvalue weighted by Crippen LogP contribution is 2.38. The van der Waals surface area contributed by atoms with Crippen LogP contribution in [0.4, 0.5) is 26.3 Å². The summed E-state index contributed by atoms with van der Waals surface area (Å²) < 4.78 is 78.1. The van der Waals surface area contributed by atoms with E-state index in [-0.39, 0.29) is 22.6 Å². The van der Waals surface area contributed by atoms with Crippen LogP contribution in [0.2, 0.25) is 0 Å². The summed E-state index contributed by atoms with van der Waals surface area (Å²) in [5, 5.41) is 7.33. The first-order valence-electron chi connectivity index (χ1n) is 7.75. The lowest BCUT2D eigenvalue weighted by Crippen LogP contribution is -2.11. The predicted octanol–water partition coefficient (Wildman–Crippen LogP) is 5.48. The number of nitrogens with one attached hydrogen (secondary N) is 1. The van der Waals surface area contributed by atoms with E-state index in [1.54, 1.807) is 19.2 Å². The van der Waals surface area contributed by atoms with Crippen LogP contribution in [-0.4, -0.2) is 31.4 Å². The molecule has 0 amide bonds. The second kappa shape index (κ2) is 7.86. The molecule has 0 bridgehead atoms. The van der Waals surface area contributed by atoms with Gasteiger partial charge in [-0.15, -0.1) is 5.10 Å². The average Bonchev–Trinajstić information content (AvgIpc) is 3.07. The molecule has 154 valence electrons. The molecule has 0 saturated carbocycles. The Morgan fingerprint density at radius 3 is 2.00 bits per heavy atom. The smallest absolute Gasteiger partial charge is 0.258 e. The molecule has 0 atom stereocenters. The molecule has 0 aliphatic rings. The molecule has 0 aliphatic heterocycles. The zero-order valence-corrected chi connectivity index (χ0v) is 16.3. The van der Waals surface area contributed by atoms with E-state index in [0.717, 1.165) is 11.8 Å². The molecule has 0 radical (unpaired) electrons. The second-order valence-electron chi connectivity index (χ2n) is 5.70. The Bertz CT molecular complexity index is 999. The van der Waals surface area contributed by atoms with Crippen molar-refractivity contribution in [2.45, 2.75) is 34.6 Å². The van der Waals surface area contributed by atoms with Crippen molar-refractivity contribution in [2.75, 3.05) is 6.26 Å². The molecule has 5 nitrogen and oxygen atoms in total. The molecule has 0 aliphatic carbocycles. The van der Waals surface area contributed by atoms with Gasteiger partial charge >= 0.3 is 12.4 Å². The van der Waals surface area contributed by atoms with Gasteiger partial charge in [0.1, 0.15) is 5.03 Å². The Morgan fingerprint density at radius 2 is 1.45 bits per heavy atom. The Hall–Kier alpha value is -2.28. The Balaban J connectivity index is 1.97. The number of nitrogens with zero attached hydrogens (tertiary/aromatic N) is 4. The highest BCUT2D eigenvalue weighted by molar-refractivity contribution is 7.99. The molecular weight excluding hydrogens is 440 g/mol. The van der Waals surface area contributed by atoms with Crippen LogP contribution in [-0.2, 0) is 12.4 Å². The van der Waals surface area contributed by atoms with Crippen molar-refractivity contribution in [1.29, 1.82) is 0 Å². The van der Waals surface area contributed by atoms with Crippen LogP contribution in [0.3, 0.4) is 0 Å². The number of rotatable bonds is 4. The van der Waals surface area contributed by atoms with Crippen LogP contribution in [0, 0.1) is 6.92 Å². The number of aromatic amines is 1. The molecule has 29 heavy (non-hydrogen) atoms. The van der Waals surface area contributed by atoms with E-state index in [9.17, 15) is 26.3 Å². The first-order chi connectivity index (χ1) is 13.5. The summed E-state index contributed by atoms with van der Waals surface area (Å²) >= 11 is 2.32. The van der Waals surface area contributed by atoms with E-state index < -0.39 is 23.5 Å². The van der Waals surface area contributed by atoms with Crippen LogP contribution in [0.25, 0.3) is 11.4 Å². The summed E-state index contributed by atoms with van der Waals surface area (Å²) in [7, 11) is 0. The van der Waals surface area contributed by atoms with Crippen LogP contribution < -0.4 is 0 Å². The fourth-order valence-electron chi connectivity index (χ4n) is 2.26. The van der Waals surface area contributed by atoms with Crippen LogP contribution in [0.5, 0.6) is 0 Å². The van der Waals surface area contributed by atoms with Gasteiger partial charge in [-0.2, -0.15) is 26.3 Å². The third-order valence-electron chi connectivity index (χ3n) is 3.51. The third-order valence-corrected chi connectivity index (χ3v) is 4.85. The van der Waals surface area contributed by atoms with Crippen molar-refractivity contribution in [2.24, 2.45) is 0 Å². The van der Waals surface area contributed by atoms with Gasteiger partial charge in [-0.1, -0.05) is 11.8 Å². The molecule has 0 saturated heterocycles. The predicted molar refractivity (Wildman–Crippen MR) is 94.5 cm³/mol. The Labute approximate surface area is 168 Å². The van der Waals surface area contributed by atoms with Crippen LogP contribution in [0.15, 0.2) is 39.6 Å². The van der Waals surface area contributed by atoms with E-state index >= 15 is 0 Å². The van der Waals surface area contributed by atoms with Gasteiger partial charge in [-0.05, 0) is 49.2 Å². The van der Waals surface area contributed by atoms with Gasteiger partial charge in [-0.3, -0.25) is 5.10 Å². The average molecular weight is 451 g/mol. The minimum absolute atomic E-state index is 0.0587. The first kappa shape index (κ1) is 21.4. The summed E-state index contributed by atoms with van der Waals surface area (Å²) in [5.41, 5.74) is -2.54. The van der Waals surface area contributed by atoms with Crippen molar-refractivity contribution < 1.29 is 26.3 Å². The number of aryl methyl sites for hydroxylation is 1. The summed E-state index contributed by atoms with van der Waals surface area (Å²) in [5.74, 6) is -0.222.